The van der Waals surface area contributed by atoms with Crippen molar-refractivity contribution < 1.29 is 24.2 Å². The van der Waals surface area contributed by atoms with Gasteiger partial charge in [-0.2, -0.15) is 0 Å². The lowest BCUT2D eigenvalue weighted by molar-refractivity contribution is -0.132. The van der Waals surface area contributed by atoms with E-state index in [0.29, 0.717) is 34.6 Å². The number of amides is 1. The van der Waals surface area contributed by atoms with Crippen molar-refractivity contribution >= 4 is 23.1 Å². The first kappa shape index (κ1) is 26.0. The Morgan fingerprint density at radius 3 is 1.84 bits per heavy atom. The number of aliphatic hydroxyl groups excluding tert-OH is 1. The maximum absolute atomic E-state index is 13.5. The van der Waals surface area contributed by atoms with E-state index in [1.807, 2.05) is 48.5 Å². The minimum absolute atomic E-state index is 0.0300. The summed E-state index contributed by atoms with van der Waals surface area (Å²) < 4.78 is 10.7. The quantitative estimate of drug-likeness (QED) is 0.226. The molecule has 0 aromatic heterocycles. The number of hydrogen-bond acceptors (Lipinski definition) is 5. The van der Waals surface area contributed by atoms with Crippen LogP contribution in [-0.2, 0) is 9.59 Å². The van der Waals surface area contributed by atoms with Crippen LogP contribution in [0, 0.1) is 0 Å². The predicted octanol–water partition coefficient (Wildman–Crippen LogP) is 6.58. The number of ether oxygens (including phenoxy) is 2. The number of methoxy groups -OCH3 is 2. The van der Waals surface area contributed by atoms with Crippen molar-refractivity contribution in [2.45, 2.75) is 45.6 Å². The van der Waals surface area contributed by atoms with Crippen LogP contribution < -0.4 is 14.4 Å². The zero-order chi connectivity index (χ0) is 26.9. The molecule has 0 radical (unpaired) electrons. The van der Waals surface area contributed by atoms with Crippen LogP contribution in [0.25, 0.3) is 5.76 Å². The number of rotatable bonds is 7. The van der Waals surface area contributed by atoms with E-state index in [1.165, 1.54) is 19.1 Å². The van der Waals surface area contributed by atoms with Gasteiger partial charge in [-0.15, -0.1) is 0 Å². The second kappa shape index (κ2) is 10.5. The smallest absolute Gasteiger partial charge is 0.300 e. The van der Waals surface area contributed by atoms with E-state index < -0.39 is 17.7 Å². The third kappa shape index (κ3) is 4.84. The summed E-state index contributed by atoms with van der Waals surface area (Å²) >= 11 is 0. The molecule has 0 bridgehead atoms. The molecule has 1 fully saturated rings. The van der Waals surface area contributed by atoms with E-state index in [0.717, 1.165) is 16.7 Å². The fourth-order valence-electron chi connectivity index (χ4n) is 4.64. The SMILES string of the molecule is COc1ccc(/C(O)=C2/C(=O)C(=O)N(c3ccc(C(C)C)cc3)C2c2ccc(C(C)C)cc2)cc1OC. The van der Waals surface area contributed by atoms with Gasteiger partial charge in [0.15, 0.2) is 11.5 Å². The highest BCUT2D eigenvalue weighted by Crippen LogP contribution is 2.43. The first-order chi connectivity index (χ1) is 17.7. The molecule has 1 aliphatic rings. The fourth-order valence-corrected chi connectivity index (χ4v) is 4.64. The zero-order valence-corrected chi connectivity index (χ0v) is 22.1. The van der Waals surface area contributed by atoms with E-state index in [1.54, 1.807) is 18.2 Å². The summed E-state index contributed by atoms with van der Waals surface area (Å²) in [7, 11) is 3.02. The van der Waals surface area contributed by atoms with Gasteiger partial charge in [-0.25, -0.2) is 0 Å². The summed E-state index contributed by atoms with van der Waals surface area (Å²) in [4.78, 5) is 28.4. The summed E-state index contributed by atoms with van der Waals surface area (Å²) in [5, 5.41) is 11.4. The van der Waals surface area contributed by atoms with Gasteiger partial charge in [0, 0.05) is 11.3 Å². The molecule has 1 atom stereocenters. The van der Waals surface area contributed by atoms with Crippen molar-refractivity contribution in [1.82, 2.24) is 0 Å². The number of hydrogen-bond donors (Lipinski definition) is 1. The molecular formula is C31H33NO5. The molecule has 6 nitrogen and oxygen atoms in total. The maximum atomic E-state index is 13.5. The van der Waals surface area contributed by atoms with Gasteiger partial charge >= 0.3 is 0 Å². The van der Waals surface area contributed by atoms with Crippen LogP contribution in [0.15, 0.2) is 72.3 Å². The van der Waals surface area contributed by atoms with Crippen LogP contribution in [0.3, 0.4) is 0 Å². The Balaban J connectivity index is 1.91. The van der Waals surface area contributed by atoms with Crippen LogP contribution in [0.5, 0.6) is 11.5 Å². The third-order valence-electron chi connectivity index (χ3n) is 6.86. The molecular weight excluding hydrogens is 466 g/mol. The molecule has 1 amide bonds. The first-order valence-corrected chi connectivity index (χ1v) is 12.4. The van der Waals surface area contributed by atoms with Gasteiger partial charge in [-0.3, -0.25) is 14.5 Å². The number of carbonyl (C=O) groups excluding carboxylic acids is 2. The van der Waals surface area contributed by atoms with Gasteiger partial charge in [0.05, 0.1) is 25.8 Å². The number of nitrogens with zero attached hydrogens (tertiary/aromatic N) is 1. The number of anilines is 1. The van der Waals surface area contributed by atoms with Crippen molar-refractivity contribution in [3.05, 3.63) is 94.6 Å². The Kier molecular flexibility index (Phi) is 7.39. The first-order valence-electron chi connectivity index (χ1n) is 12.4. The van der Waals surface area contributed by atoms with Crippen LogP contribution >= 0.6 is 0 Å². The normalized spacial score (nSPS) is 17.1. The van der Waals surface area contributed by atoms with Crippen LogP contribution in [0.4, 0.5) is 5.69 Å². The van der Waals surface area contributed by atoms with E-state index >= 15 is 0 Å². The van der Waals surface area contributed by atoms with E-state index in [9.17, 15) is 14.7 Å². The molecule has 192 valence electrons. The average molecular weight is 500 g/mol. The van der Waals surface area contributed by atoms with E-state index in [2.05, 4.69) is 27.7 Å². The summed E-state index contributed by atoms with van der Waals surface area (Å²) in [6.07, 6.45) is 0. The van der Waals surface area contributed by atoms with Gasteiger partial charge in [0.1, 0.15) is 5.76 Å². The number of benzene rings is 3. The van der Waals surface area contributed by atoms with Crippen molar-refractivity contribution in [2.24, 2.45) is 0 Å². The lowest BCUT2D eigenvalue weighted by Crippen LogP contribution is -2.29. The summed E-state index contributed by atoms with van der Waals surface area (Å²) in [5.74, 6) is -0.132. The summed E-state index contributed by atoms with van der Waals surface area (Å²) in [5.41, 5.74) is 3.98. The molecule has 1 unspecified atom stereocenters. The van der Waals surface area contributed by atoms with Crippen LogP contribution in [0.1, 0.15) is 67.8 Å². The fraction of sp³-hybridized carbons (Fsp3) is 0.290. The Labute approximate surface area is 218 Å². The van der Waals surface area contributed by atoms with E-state index in [-0.39, 0.29) is 11.3 Å². The minimum atomic E-state index is -0.792. The zero-order valence-electron chi connectivity index (χ0n) is 22.1. The Bertz CT molecular complexity index is 1340. The topological polar surface area (TPSA) is 76.1 Å². The standard InChI is InChI=1S/C31H33NO5/c1-18(2)20-7-9-22(10-8-20)28-27(29(33)23-13-16-25(36-5)26(17-23)37-6)30(34)31(35)32(28)24-14-11-21(12-15-24)19(3)4/h7-19,28,33H,1-6H3/b29-27-. The number of ketones is 1. The highest BCUT2D eigenvalue weighted by atomic mass is 16.5. The minimum Gasteiger partial charge on any atom is -0.507 e. The van der Waals surface area contributed by atoms with Crippen molar-refractivity contribution in [2.75, 3.05) is 19.1 Å². The summed E-state index contributed by atoms with van der Waals surface area (Å²) in [6, 6.07) is 19.6. The molecule has 37 heavy (non-hydrogen) atoms. The molecule has 0 aliphatic carbocycles. The second-order valence-electron chi connectivity index (χ2n) is 9.81. The lowest BCUT2D eigenvalue weighted by Gasteiger charge is -2.26. The molecule has 0 saturated carbocycles. The molecule has 4 rings (SSSR count). The molecule has 1 heterocycles. The van der Waals surface area contributed by atoms with Gasteiger partial charge in [0.25, 0.3) is 11.7 Å². The monoisotopic (exact) mass is 499 g/mol. The summed E-state index contributed by atoms with van der Waals surface area (Å²) in [6.45, 7) is 8.41. The number of Topliss-reactive ketones (excluding diaryl/α,β-unsaturated/α-hetero) is 1. The molecule has 3 aromatic carbocycles. The Morgan fingerprint density at radius 1 is 0.784 bits per heavy atom. The maximum Gasteiger partial charge on any atom is 0.300 e. The molecule has 1 aliphatic heterocycles. The van der Waals surface area contributed by atoms with Crippen molar-refractivity contribution in [3.8, 4) is 11.5 Å². The Morgan fingerprint density at radius 2 is 1.32 bits per heavy atom. The number of carbonyl (C=O) groups is 2. The average Bonchev–Trinajstić information content (AvgIpc) is 3.17. The Hall–Kier alpha value is -4.06. The molecule has 1 saturated heterocycles. The van der Waals surface area contributed by atoms with Crippen LogP contribution in [-0.4, -0.2) is 31.0 Å². The molecule has 0 spiro atoms. The highest BCUT2D eigenvalue weighted by molar-refractivity contribution is 6.51. The van der Waals surface area contributed by atoms with E-state index in [4.69, 9.17) is 9.47 Å². The molecule has 6 heteroatoms. The van der Waals surface area contributed by atoms with Gasteiger partial charge in [-0.05, 0) is 58.9 Å². The molecule has 3 aromatic rings. The van der Waals surface area contributed by atoms with Gasteiger partial charge in [-0.1, -0.05) is 64.1 Å². The molecule has 1 N–H and O–H groups in total. The van der Waals surface area contributed by atoms with Gasteiger partial charge in [0.2, 0.25) is 0 Å². The third-order valence-corrected chi connectivity index (χ3v) is 6.86. The van der Waals surface area contributed by atoms with Crippen molar-refractivity contribution in [3.63, 3.8) is 0 Å². The predicted molar refractivity (Wildman–Crippen MR) is 145 cm³/mol. The van der Waals surface area contributed by atoms with Crippen molar-refractivity contribution in [1.29, 1.82) is 0 Å². The van der Waals surface area contributed by atoms with Crippen LogP contribution in [0.2, 0.25) is 0 Å². The number of aliphatic hydroxyl groups is 1. The second-order valence-corrected chi connectivity index (χ2v) is 9.81. The largest absolute Gasteiger partial charge is 0.507 e. The lowest BCUT2D eigenvalue weighted by atomic mass is 9.93. The highest BCUT2D eigenvalue weighted by Gasteiger charge is 2.47. The van der Waals surface area contributed by atoms with Gasteiger partial charge < -0.3 is 14.6 Å².